The first-order chi connectivity index (χ1) is 8.28. The van der Waals surface area contributed by atoms with Gasteiger partial charge in [0, 0.05) is 36.9 Å². The van der Waals surface area contributed by atoms with Gasteiger partial charge in [-0.2, -0.15) is 4.98 Å². The van der Waals surface area contributed by atoms with Gasteiger partial charge in [-0.15, -0.1) is 0 Å². The fourth-order valence-corrected chi connectivity index (χ4v) is 5.09. The summed E-state index contributed by atoms with van der Waals surface area (Å²) >= 11 is 4.99. The molecule has 5 rings (SSSR count). The van der Waals surface area contributed by atoms with E-state index in [-0.39, 0.29) is 0 Å². The Morgan fingerprint density at radius 1 is 1.29 bits per heavy atom. The van der Waals surface area contributed by atoms with E-state index < -0.39 is 0 Å². The van der Waals surface area contributed by atoms with Gasteiger partial charge in [0.25, 0.3) is 5.19 Å². The lowest BCUT2D eigenvalue weighted by atomic mass is 9.66. The van der Waals surface area contributed by atoms with E-state index in [1.54, 1.807) is 11.3 Å². The molecule has 1 saturated carbocycles. The van der Waals surface area contributed by atoms with E-state index in [1.165, 1.54) is 32.5 Å². The normalized spacial score (nSPS) is 43.0. The van der Waals surface area contributed by atoms with Gasteiger partial charge in [-0.3, -0.25) is 0 Å². The number of aromatic nitrogens is 1. The molecule has 0 unspecified atom stereocenters. The number of rotatable bonds is 2. The molecule has 3 nitrogen and oxygen atoms in total. The van der Waals surface area contributed by atoms with Crippen molar-refractivity contribution < 1.29 is 4.74 Å². The minimum absolute atomic E-state index is 0.417. The molecule has 92 valence electrons. The number of thiazole rings is 1. The van der Waals surface area contributed by atoms with Crippen molar-refractivity contribution in [2.45, 2.75) is 18.9 Å². The smallest absolute Gasteiger partial charge is 0.274 e. The van der Waals surface area contributed by atoms with Crippen LogP contribution in [0.3, 0.4) is 0 Å². The van der Waals surface area contributed by atoms with Crippen LogP contribution < -0.4 is 4.74 Å². The first-order valence-corrected chi connectivity index (χ1v) is 7.95. The summed E-state index contributed by atoms with van der Waals surface area (Å²) in [6, 6.07) is 0. The highest BCUT2D eigenvalue weighted by Crippen LogP contribution is 2.45. The van der Waals surface area contributed by atoms with E-state index in [0.717, 1.165) is 27.6 Å². The summed E-state index contributed by atoms with van der Waals surface area (Å²) in [7, 11) is 0. The van der Waals surface area contributed by atoms with Crippen molar-refractivity contribution in [2.75, 3.05) is 19.6 Å². The Labute approximate surface area is 113 Å². The van der Waals surface area contributed by atoms with Gasteiger partial charge in [0.2, 0.25) is 0 Å². The summed E-state index contributed by atoms with van der Waals surface area (Å²) in [6.45, 7) is 3.82. The second-order valence-corrected chi connectivity index (χ2v) is 7.23. The minimum atomic E-state index is 0.417. The Kier molecular flexibility index (Phi) is 2.49. The summed E-state index contributed by atoms with van der Waals surface area (Å²) in [5, 5.41) is 2.83. The number of nitrogens with zero attached hydrogens (tertiary/aromatic N) is 2. The number of piperidine rings is 3. The molecule has 4 bridgehead atoms. The third kappa shape index (κ3) is 1.83. The molecule has 0 amide bonds. The number of ether oxygens (including phenoxy) is 1. The Bertz CT molecular complexity index is 408. The maximum Gasteiger partial charge on any atom is 0.274 e. The summed E-state index contributed by atoms with van der Waals surface area (Å²) < 4.78 is 7.06. The highest BCUT2D eigenvalue weighted by atomic mass is 79.9. The molecule has 4 fully saturated rings. The van der Waals surface area contributed by atoms with Gasteiger partial charge in [0.15, 0.2) is 0 Å². The molecular weight excluding hydrogens is 300 g/mol. The molecule has 5 heteroatoms. The fraction of sp³-hybridized carbons (Fsp3) is 0.750. The molecule has 2 atom stereocenters. The van der Waals surface area contributed by atoms with Gasteiger partial charge in [-0.05, 0) is 34.7 Å². The largest absolute Gasteiger partial charge is 0.466 e. The van der Waals surface area contributed by atoms with Crippen LogP contribution in [0.5, 0.6) is 5.19 Å². The molecule has 3 aliphatic heterocycles. The van der Waals surface area contributed by atoms with Crippen molar-refractivity contribution in [3.05, 3.63) is 9.98 Å². The van der Waals surface area contributed by atoms with E-state index in [1.807, 2.05) is 5.38 Å². The molecule has 4 heterocycles. The van der Waals surface area contributed by atoms with Crippen molar-refractivity contribution in [2.24, 2.45) is 17.8 Å². The molecule has 3 saturated heterocycles. The number of halogens is 1. The first kappa shape index (κ1) is 10.8. The lowest BCUT2D eigenvalue weighted by molar-refractivity contribution is -0.0985. The Morgan fingerprint density at radius 2 is 2.06 bits per heavy atom. The molecule has 0 N–H and O–H groups in total. The molecule has 0 radical (unpaired) electrons. The van der Waals surface area contributed by atoms with Crippen LogP contribution in [-0.4, -0.2) is 35.6 Å². The predicted molar refractivity (Wildman–Crippen MR) is 70.4 cm³/mol. The second-order valence-electron chi connectivity index (χ2n) is 5.59. The zero-order valence-corrected chi connectivity index (χ0v) is 11.9. The predicted octanol–water partition coefficient (Wildman–Crippen LogP) is 2.62. The molecule has 4 aliphatic rings. The van der Waals surface area contributed by atoms with Crippen LogP contribution in [0.2, 0.25) is 0 Å². The average Bonchev–Trinajstić information content (AvgIpc) is 2.68. The summed E-state index contributed by atoms with van der Waals surface area (Å²) in [4.78, 5) is 6.99. The van der Waals surface area contributed by atoms with Crippen LogP contribution in [0.1, 0.15) is 12.8 Å². The molecule has 1 aromatic heterocycles. The number of hydrogen-bond donors (Lipinski definition) is 0. The highest BCUT2D eigenvalue weighted by Gasteiger charge is 2.48. The average molecular weight is 315 g/mol. The molecular formula is C12H15BrN2OS. The van der Waals surface area contributed by atoms with Crippen LogP contribution in [0.25, 0.3) is 0 Å². The van der Waals surface area contributed by atoms with Crippen molar-refractivity contribution >= 4 is 27.3 Å². The van der Waals surface area contributed by atoms with E-state index in [9.17, 15) is 0 Å². The van der Waals surface area contributed by atoms with E-state index in [4.69, 9.17) is 4.74 Å². The molecule has 0 spiro atoms. The molecule has 1 aromatic rings. The summed E-state index contributed by atoms with van der Waals surface area (Å²) in [5.41, 5.74) is 0. The van der Waals surface area contributed by atoms with Gasteiger partial charge in [-0.25, -0.2) is 0 Å². The highest BCUT2D eigenvalue weighted by molar-refractivity contribution is 9.10. The van der Waals surface area contributed by atoms with Gasteiger partial charge < -0.3 is 9.64 Å². The third-order valence-corrected chi connectivity index (χ3v) is 5.83. The van der Waals surface area contributed by atoms with Crippen molar-refractivity contribution in [1.82, 2.24) is 9.88 Å². The van der Waals surface area contributed by atoms with Crippen LogP contribution in [0.4, 0.5) is 0 Å². The van der Waals surface area contributed by atoms with Gasteiger partial charge in [-0.1, -0.05) is 11.3 Å². The minimum Gasteiger partial charge on any atom is -0.466 e. The van der Waals surface area contributed by atoms with Crippen molar-refractivity contribution in [3.8, 4) is 5.19 Å². The Balaban J connectivity index is 1.54. The van der Waals surface area contributed by atoms with Gasteiger partial charge >= 0.3 is 0 Å². The zero-order chi connectivity index (χ0) is 11.4. The van der Waals surface area contributed by atoms with Gasteiger partial charge in [0.05, 0.1) is 0 Å². The van der Waals surface area contributed by atoms with E-state index >= 15 is 0 Å². The Morgan fingerprint density at radius 3 is 2.65 bits per heavy atom. The molecule has 0 aromatic carbocycles. The standard InChI is InChI=1S/C12H15BrN2OS/c13-10-6-17-12(14-10)16-11-8-1-7-2-9(11)5-15(3-7)4-8/h6-9,11H,1-5H2/t7?,8-,9-,11?/m1/s1. The lowest BCUT2D eigenvalue weighted by Crippen LogP contribution is -2.61. The van der Waals surface area contributed by atoms with Crippen LogP contribution in [0, 0.1) is 17.8 Å². The van der Waals surface area contributed by atoms with Crippen LogP contribution in [-0.2, 0) is 0 Å². The van der Waals surface area contributed by atoms with Crippen molar-refractivity contribution in [3.63, 3.8) is 0 Å². The van der Waals surface area contributed by atoms with E-state index in [2.05, 4.69) is 25.8 Å². The van der Waals surface area contributed by atoms with Crippen molar-refractivity contribution in [1.29, 1.82) is 0 Å². The fourth-order valence-electron chi connectivity index (χ4n) is 3.97. The SMILES string of the molecule is Brc1csc(OC2[C@@H]3CC4C[C@@H]2CN(C4)C3)n1. The topological polar surface area (TPSA) is 25.4 Å². The molecule has 17 heavy (non-hydrogen) atoms. The summed E-state index contributed by atoms with van der Waals surface area (Å²) in [5.74, 6) is 2.42. The lowest BCUT2D eigenvalue weighted by Gasteiger charge is -2.55. The van der Waals surface area contributed by atoms with E-state index in [0.29, 0.717) is 6.10 Å². The second kappa shape index (κ2) is 3.93. The maximum atomic E-state index is 6.16. The zero-order valence-electron chi connectivity index (χ0n) is 9.51. The maximum absolute atomic E-state index is 6.16. The van der Waals surface area contributed by atoms with Crippen LogP contribution >= 0.6 is 27.3 Å². The van der Waals surface area contributed by atoms with Crippen LogP contribution in [0.15, 0.2) is 9.98 Å². The molecule has 1 aliphatic carbocycles. The monoisotopic (exact) mass is 314 g/mol. The van der Waals surface area contributed by atoms with Gasteiger partial charge in [0.1, 0.15) is 10.7 Å². The quantitative estimate of drug-likeness (QED) is 0.839. The number of hydrogen-bond acceptors (Lipinski definition) is 4. The first-order valence-electron chi connectivity index (χ1n) is 6.28. The Hall–Kier alpha value is -0.130. The third-order valence-electron chi connectivity index (χ3n) is 4.40. The summed E-state index contributed by atoms with van der Waals surface area (Å²) in [6.07, 6.45) is 3.15.